The zero-order chi connectivity index (χ0) is 12.1. The highest BCUT2D eigenvalue weighted by Gasteiger charge is 2.12. The number of nitrogens with zero attached hydrogens (tertiary/aromatic N) is 1. The fourth-order valence-electron chi connectivity index (χ4n) is 2.16. The van der Waals surface area contributed by atoms with Gasteiger partial charge in [0.05, 0.1) is 0 Å². The molecule has 1 atom stereocenters. The summed E-state index contributed by atoms with van der Waals surface area (Å²) >= 11 is 0. The van der Waals surface area contributed by atoms with Crippen LogP contribution in [0.25, 0.3) is 10.8 Å². The molecular formula is C14H18N2O. The number of benzene rings is 1. The maximum atomic E-state index is 9.14. The summed E-state index contributed by atoms with van der Waals surface area (Å²) in [6.07, 6.45) is 4.48. The van der Waals surface area contributed by atoms with Gasteiger partial charge in [-0.1, -0.05) is 31.2 Å². The Morgan fingerprint density at radius 1 is 1.29 bits per heavy atom. The van der Waals surface area contributed by atoms with Gasteiger partial charge in [-0.25, -0.2) is 0 Å². The molecule has 0 bridgehead atoms. The molecule has 0 amide bonds. The Kier molecular flexibility index (Phi) is 4.07. The molecule has 2 N–H and O–H groups in total. The van der Waals surface area contributed by atoms with Crippen LogP contribution in [0.3, 0.4) is 0 Å². The van der Waals surface area contributed by atoms with Crippen molar-refractivity contribution < 1.29 is 5.11 Å². The first-order chi connectivity index (χ1) is 8.36. The third kappa shape index (κ3) is 2.62. The molecule has 0 spiro atoms. The second kappa shape index (κ2) is 5.75. The monoisotopic (exact) mass is 230 g/mol. The number of aliphatic hydroxyl groups is 1. The van der Waals surface area contributed by atoms with Crippen molar-refractivity contribution in [2.24, 2.45) is 0 Å². The van der Waals surface area contributed by atoms with Crippen molar-refractivity contribution in [2.75, 3.05) is 13.2 Å². The summed E-state index contributed by atoms with van der Waals surface area (Å²) < 4.78 is 0. The van der Waals surface area contributed by atoms with Gasteiger partial charge in [-0.05, 0) is 23.9 Å². The molecule has 0 saturated heterocycles. The van der Waals surface area contributed by atoms with Crippen molar-refractivity contribution in [2.45, 2.75) is 19.4 Å². The van der Waals surface area contributed by atoms with Crippen molar-refractivity contribution in [3.63, 3.8) is 0 Å². The van der Waals surface area contributed by atoms with Gasteiger partial charge in [0, 0.05) is 30.4 Å². The van der Waals surface area contributed by atoms with E-state index in [0.717, 1.165) is 11.9 Å². The normalized spacial score (nSPS) is 12.8. The first-order valence-electron chi connectivity index (χ1n) is 6.03. The van der Waals surface area contributed by atoms with Crippen LogP contribution in [0.15, 0.2) is 36.7 Å². The molecule has 17 heavy (non-hydrogen) atoms. The lowest BCUT2D eigenvalue weighted by molar-refractivity contribution is 0.267. The van der Waals surface area contributed by atoms with Gasteiger partial charge in [0.25, 0.3) is 0 Å². The molecule has 1 aromatic heterocycles. The predicted octanol–water partition coefficient (Wildman–Crippen LogP) is 2.27. The maximum Gasteiger partial charge on any atom is 0.0449 e. The lowest BCUT2D eigenvalue weighted by atomic mass is 9.99. The molecule has 2 aromatic rings. The first kappa shape index (κ1) is 12.0. The van der Waals surface area contributed by atoms with Crippen LogP contribution in [0, 0.1) is 0 Å². The van der Waals surface area contributed by atoms with Crippen molar-refractivity contribution in [1.82, 2.24) is 10.3 Å². The highest BCUT2D eigenvalue weighted by molar-refractivity contribution is 5.85. The van der Waals surface area contributed by atoms with Crippen LogP contribution in [0.4, 0.5) is 0 Å². The van der Waals surface area contributed by atoms with Gasteiger partial charge in [0.1, 0.15) is 0 Å². The summed E-state index contributed by atoms with van der Waals surface area (Å²) in [4.78, 5) is 4.28. The Bertz CT molecular complexity index is 473. The maximum absolute atomic E-state index is 9.14. The van der Waals surface area contributed by atoms with Crippen LogP contribution in [-0.4, -0.2) is 23.2 Å². The minimum Gasteiger partial charge on any atom is -0.396 e. The zero-order valence-electron chi connectivity index (χ0n) is 10.1. The molecule has 2 rings (SSSR count). The van der Waals surface area contributed by atoms with E-state index in [2.05, 4.69) is 29.4 Å². The van der Waals surface area contributed by atoms with Crippen molar-refractivity contribution in [3.05, 3.63) is 42.2 Å². The first-order valence-corrected chi connectivity index (χ1v) is 6.03. The largest absolute Gasteiger partial charge is 0.396 e. The Hall–Kier alpha value is -1.45. The average Bonchev–Trinajstić information content (AvgIpc) is 2.38. The molecule has 3 heteroatoms. The quantitative estimate of drug-likeness (QED) is 0.828. The third-order valence-corrected chi connectivity index (χ3v) is 2.94. The smallest absolute Gasteiger partial charge is 0.0449 e. The second-order valence-corrected chi connectivity index (χ2v) is 4.07. The van der Waals surface area contributed by atoms with Crippen LogP contribution in [0.5, 0.6) is 0 Å². The van der Waals surface area contributed by atoms with Crippen molar-refractivity contribution in [1.29, 1.82) is 0 Å². The molecule has 0 fully saturated rings. The van der Waals surface area contributed by atoms with Gasteiger partial charge in [-0.15, -0.1) is 0 Å². The topological polar surface area (TPSA) is 45.1 Å². The standard InChI is InChI=1S/C14H18N2O/c1-2-16-14(7-8-17)13-10-15-9-11-5-3-4-6-12(11)13/h3-6,9-10,14,16-17H,2,7-8H2,1H3. The van der Waals surface area contributed by atoms with Gasteiger partial charge < -0.3 is 10.4 Å². The summed E-state index contributed by atoms with van der Waals surface area (Å²) in [5, 5.41) is 14.9. The fraction of sp³-hybridized carbons (Fsp3) is 0.357. The summed E-state index contributed by atoms with van der Waals surface area (Å²) in [6, 6.07) is 8.39. The lowest BCUT2D eigenvalue weighted by Crippen LogP contribution is -2.22. The number of aliphatic hydroxyl groups excluding tert-OH is 1. The summed E-state index contributed by atoms with van der Waals surface area (Å²) in [7, 11) is 0. The highest BCUT2D eigenvalue weighted by Crippen LogP contribution is 2.24. The highest BCUT2D eigenvalue weighted by atomic mass is 16.3. The molecule has 90 valence electrons. The van der Waals surface area contributed by atoms with E-state index in [9.17, 15) is 0 Å². The predicted molar refractivity (Wildman–Crippen MR) is 69.9 cm³/mol. The lowest BCUT2D eigenvalue weighted by Gasteiger charge is -2.18. The number of fused-ring (bicyclic) bond motifs is 1. The van der Waals surface area contributed by atoms with Gasteiger partial charge in [0.2, 0.25) is 0 Å². The minimum atomic E-state index is 0.170. The number of pyridine rings is 1. The Morgan fingerprint density at radius 2 is 2.12 bits per heavy atom. The fourth-order valence-corrected chi connectivity index (χ4v) is 2.16. The minimum absolute atomic E-state index is 0.170. The van der Waals surface area contributed by atoms with E-state index in [1.165, 1.54) is 10.9 Å². The molecular weight excluding hydrogens is 212 g/mol. The van der Waals surface area contributed by atoms with E-state index < -0.39 is 0 Å². The molecule has 0 radical (unpaired) electrons. The van der Waals surface area contributed by atoms with Gasteiger partial charge in [0.15, 0.2) is 0 Å². The van der Waals surface area contributed by atoms with Crippen LogP contribution in [0.2, 0.25) is 0 Å². The van der Waals surface area contributed by atoms with E-state index in [1.807, 2.05) is 24.5 Å². The average molecular weight is 230 g/mol. The van der Waals surface area contributed by atoms with E-state index >= 15 is 0 Å². The zero-order valence-corrected chi connectivity index (χ0v) is 10.1. The van der Waals surface area contributed by atoms with E-state index in [0.29, 0.717) is 6.42 Å². The molecule has 3 nitrogen and oxygen atoms in total. The molecule has 0 saturated carbocycles. The van der Waals surface area contributed by atoms with E-state index in [-0.39, 0.29) is 12.6 Å². The Balaban J connectivity index is 2.44. The van der Waals surface area contributed by atoms with Crippen LogP contribution in [-0.2, 0) is 0 Å². The summed E-state index contributed by atoms with van der Waals surface area (Å²) in [5.74, 6) is 0. The van der Waals surface area contributed by atoms with Crippen LogP contribution >= 0.6 is 0 Å². The number of rotatable bonds is 5. The number of nitrogens with one attached hydrogen (secondary N) is 1. The number of hydrogen-bond acceptors (Lipinski definition) is 3. The van der Waals surface area contributed by atoms with Gasteiger partial charge >= 0.3 is 0 Å². The number of aromatic nitrogens is 1. The molecule has 0 aliphatic rings. The van der Waals surface area contributed by atoms with E-state index in [4.69, 9.17) is 5.11 Å². The molecule has 0 aliphatic heterocycles. The summed E-state index contributed by atoms with van der Waals surface area (Å²) in [6.45, 7) is 3.14. The van der Waals surface area contributed by atoms with Gasteiger partial charge in [-0.2, -0.15) is 0 Å². The molecule has 1 unspecified atom stereocenters. The second-order valence-electron chi connectivity index (χ2n) is 4.07. The summed E-state index contributed by atoms with van der Waals surface area (Å²) in [5.41, 5.74) is 1.17. The molecule has 0 aliphatic carbocycles. The third-order valence-electron chi connectivity index (χ3n) is 2.94. The van der Waals surface area contributed by atoms with Crippen molar-refractivity contribution >= 4 is 10.8 Å². The Labute approximate surface area is 102 Å². The SMILES string of the molecule is CCNC(CCO)c1cncc2ccccc12. The van der Waals surface area contributed by atoms with Gasteiger partial charge in [-0.3, -0.25) is 4.98 Å². The van der Waals surface area contributed by atoms with E-state index in [1.54, 1.807) is 0 Å². The molecule has 1 aromatic carbocycles. The van der Waals surface area contributed by atoms with Crippen LogP contribution in [0.1, 0.15) is 24.9 Å². The van der Waals surface area contributed by atoms with Crippen LogP contribution < -0.4 is 5.32 Å². The Morgan fingerprint density at radius 3 is 2.88 bits per heavy atom. The molecule has 1 heterocycles. The van der Waals surface area contributed by atoms with Crippen molar-refractivity contribution in [3.8, 4) is 0 Å². The number of hydrogen-bond donors (Lipinski definition) is 2.